The van der Waals surface area contributed by atoms with Crippen molar-refractivity contribution >= 4 is 46.7 Å². The van der Waals surface area contributed by atoms with Crippen molar-refractivity contribution in [2.24, 2.45) is 7.05 Å². The fraction of sp³-hybridized carbons (Fsp3) is 0.333. The van der Waals surface area contributed by atoms with Crippen molar-refractivity contribution in [2.75, 3.05) is 5.32 Å². The highest BCUT2D eigenvalue weighted by atomic mass is 35.5. The van der Waals surface area contributed by atoms with Crippen LogP contribution in [0.2, 0.25) is 10.2 Å². The van der Waals surface area contributed by atoms with Gasteiger partial charge in [0.1, 0.15) is 16.4 Å². The number of rotatable bonds is 5. The van der Waals surface area contributed by atoms with Crippen LogP contribution in [-0.2, 0) is 7.05 Å². The van der Waals surface area contributed by atoms with Gasteiger partial charge < -0.3 is 9.88 Å². The zero-order chi connectivity index (χ0) is 19.1. The van der Waals surface area contributed by atoms with Crippen molar-refractivity contribution in [3.05, 3.63) is 40.4 Å². The SMILES string of the molecule is Cn1cc(SNC2(C(F)(F)F)CC2)c(Cl)c1C(=O)Nc1ccnc(Cl)c1. The molecule has 0 unspecified atom stereocenters. The summed E-state index contributed by atoms with van der Waals surface area (Å²) in [4.78, 5) is 16.6. The summed E-state index contributed by atoms with van der Waals surface area (Å²) in [5.74, 6) is -0.511. The van der Waals surface area contributed by atoms with Gasteiger partial charge in [0.05, 0.1) is 9.92 Å². The van der Waals surface area contributed by atoms with Gasteiger partial charge in [0.15, 0.2) is 0 Å². The molecule has 5 nitrogen and oxygen atoms in total. The first kappa shape index (κ1) is 19.3. The highest BCUT2D eigenvalue weighted by Gasteiger charge is 2.63. The second-order valence-electron chi connectivity index (χ2n) is 5.87. The first-order chi connectivity index (χ1) is 12.1. The molecule has 1 amide bonds. The van der Waals surface area contributed by atoms with E-state index in [1.54, 1.807) is 13.1 Å². The standard InChI is InChI=1S/C15H13Cl2F3N4OS/c1-24-7-9(26-23-14(3-4-14)15(18,19)20)11(17)12(24)13(25)22-8-2-5-21-10(16)6-8/h2,5-7,23H,3-4H2,1H3,(H,21,22,25). The normalized spacial score (nSPS) is 15.8. The van der Waals surface area contributed by atoms with E-state index in [0.717, 1.165) is 11.9 Å². The molecule has 11 heteroatoms. The molecule has 0 aromatic carbocycles. The van der Waals surface area contributed by atoms with E-state index in [-0.39, 0.29) is 28.7 Å². The molecule has 1 fully saturated rings. The van der Waals surface area contributed by atoms with E-state index in [2.05, 4.69) is 15.0 Å². The van der Waals surface area contributed by atoms with Crippen LogP contribution in [0.5, 0.6) is 0 Å². The van der Waals surface area contributed by atoms with Crippen molar-refractivity contribution in [2.45, 2.75) is 29.5 Å². The molecule has 0 aliphatic heterocycles. The largest absolute Gasteiger partial charge is 0.407 e. The van der Waals surface area contributed by atoms with Gasteiger partial charge in [0.2, 0.25) is 0 Å². The first-order valence-corrected chi connectivity index (χ1v) is 8.99. The Morgan fingerprint density at radius 3 is 2.65 bits per heavy atom. The summed E-state index contributed by atoms with van der Waals surface area (Å²) in [6.07, 6.45) is -1.36. The molecule has 2 aromatic rings. The van der Waals surface area contributed by atoms with E-state index in [1.807, 2.05) is 0 Å². The van der Waals surface area contributed by atoms with Crippen LogP contribution in [0.3, 0.4) is 0 Å². The lowest BCUT2D eigenvalue weighted by atomic mass is 10.3. The molecular weight excluding hydrogens is 412 g/mol. The lowest BCUT2D eigenvalue weighted by Gasteiger charge is -2.19. The smallest absolute Gasteiger partial charge is 0.344 e. The number of pyridine rings is 1. The lowest BCUT2D eigenvalue weighted by Crippen LogP contribution is -2.41. The van der Waals surface area contributed by atoms with Crippen LogP contribution in [0.1, 0.15) is 23.3 Å². The zero-order valence-corrected chi connectivity index (χ0v) is 15.7. The number of amides is 1. The molecule has 0 atom stereocenters. The number of alkyl halides is 3. The van der Waals surface area contributed by atoms with Gasteiger partial charge >= 0.3 is 6.18 Å². The van der Waals surface area contributed by atoms with Crippen LogP contribution >= 0.6 is 35.1 Å². The van der Waals surface area contributed by atoms with E-state index in [1.165, 1.54) is 23.0 Å². The average Bonchev–Trinajstić information content (AvgIpc) is 3.27. The van der Waals surface area contributed by atoms with Crippen molar-refractivity contribution in [3.8, 4) is 0 Å². The minimum Gasteiger partial charge on any atom is -0.344 e. The molecular formula is C15H13Cl2F3N4OS. The predicted molar refractivity (Wildman–Crippen MR) is 94.6 cm³/mol. The fourth-order valence-electron chi connectivity index (χ4n) is 2.29. The van der Waals surface area contributed by atoms with Crippen molar-refractivity contribution in [1.82, 2.24) is 14.3 Å². The molecule has 0 bridgehead atoms. The van der Waals surface area contributed by atoms with Gasteiger partial charge in [-0.25, -0.2) is 9.71 Å². The summed E-state index contributed by atoms with van der Waals surface area (Å²) in [6, 6.07) is 3.02. The van der Waals surface area contributed by atoms with Gasteiger partial charge in [-0.15, -0.1) is 0 Å². The molecule has 2 aromatic heterocycles. The van der Waals surface area contributed by atoms with E-state index in [4.69, 9.17) is 23.2 Å². The van der Waals surface area contributed by atoms with Crippen molar-refractivity contribution in [3.63, 3.8) is 0 Å². The topological polar surface area (TPSA) is 59.0 Å². The Morgan fingerprint density at radius 1 is 1.38 bits per heavy atom. The third-order valence-corrected chi connectivity index (χ3v) is 5.66. The summed E-state index contributed by atoms with van der Waals surface area (Å²) >= 11 is 12.8. The van der Waals surface area contributed by atoms with Gasteiger partial charge in [0, 0.05) is 25.1 Å². The fourth-order valence-corrected chi connectivity index (χ4v) is 3.87. The Bertz CT molecular complexity index is 852. The van der Waals surface area contributed by atoms with Crippen LogP contribution < -0.4 is 10.0 Å². The van der Waals surface area contributed by atoms with Gasteiger partial charge in [-0.3, -0.25) is 4.79 Å². The Kier molecular flexibility index (Phi) is 5.17. The molecule has 0 radical (unpaired) electrons. The molecule has 1 aliphatic rings. The molecule has 0 saturated heterocycles. The van der Waals surface area contributed by atoms with Gasteiger partial charge in [-0.2, -0.15) is 13.2 Å². The molecule has 1 saturated carbocycles. The van der Waals surface area contributed by atoms with E-state index in [0.29, 0.717) is 10.6 Å². The summed E-state index contributed by atoms with van der Waals surface area (Å²) in [6.45, 7) is 0. The van der Waals surface area contributed by atoms with Crippen molar-refractivity contribution in [1.29, 1.82) is 0 Å². The summed E-state index contributed by atoms with van der Waals surface area (Å²) in [7, 11) is 1.58. The van der Waals surface area contributed by atoms with Crippen LogP contribution in [0.25, 0.3) is 0 Å². The second-order valence-corrected chi connectivity index (χ2v) is 7.49. The van der Waals surface area contributed by atoms with Crippen LogP contribution in [0.15, 0.2) is 29.4 Å². The van der Waals surface area contributed by atoms with E-state index >= 15 is 0 Å². The molecule has 2 N–H and O–H groups in total. The Hall–Kier alpha value is -1.42. The molecule has 140 valence electrons. The van der Waals surface area contributed by atoms with Gasteiger partial charge in [-0.1, -0.05) is 23.2 Å². The molecule has 0 spiro atoms. The zero-order valence-electron chi connectivity index (χ0n) is 13.3. The Balaban J connectivity index is 1.74. The summed E-state index contributed by atoms with van der Waals surface area (Å²) in [5, 5.41) is 2.91. The third kappa shape index (κ3) is 3.80. The maximum atomic E-state index is 13.0. The lowest BCUT2D eigenvalue weighted by molar-refractivity contribution is -0.160. The number of nitrogens with zero attached hydrogens (tertiary/aromatic N) is 2. The Labute approximate surface area is 161 Å². The number of carbonyl (C=O) groups is 1. The minimum atomic E-state index is -4.33. The highest BCUT2D eigenvalue weighted by Crippen LogP contribution is 2.51. The first-order valence-electron chi connectivity index (χ1n) is 7.41. The quantitative estimate of drug-likeness (QED) is 0.540. The average molecular weight is 425 g/mol. The third-order valence-electron chi connectivity index (χ3n) is 3.94. The number of hydrogen-bond donors (Lipinski definition) is 2. The summed E-state index contributed by atoms with van der Waals surface area (Å²) in [5.41, 5.74) is -1.33. The molecule has 2 heterocycles. The van der Waals surface area contributed by atoms with Gasteiger partial charge in [0.25, 0.3) is 5.91 Å². The molecule has 1 aliphatic carbocycles. The highest BCUT2D eigenvalue weighted by molar-refractivity contribution is 7.97. The molecule has 3 rings (SSSR count). The second kappa shape index (κ2) is 6.95. The number of anilines is 1. The predicted octanol–water partition coefficient (Wildman–Crippen LogP) is 4.67. The number of carbonyl (C=O) groups excluding carboxylic acids is 1. The minimum absolute atomic E-state index is 0.0180. The van der Waals surface area contributed by atoms with E-state index < -0.39 is 17.6 Å². The van der Waals surface area contributed by atoms with Crippen LogP contribution in [-0.4, -0.2) is 27.2 Å². The Morgan fingerprint density at radius 2 is 2.08 bits per heavy atom. The maximum Gasteiger partial charge on any atom is 0.407 e. The monoisotopic (exact) mass is 424 g/mol. The number of halogens is 5. The number of aryl methyl sites for hydroxylation is 1. The summed E-state index contributed by atoms with van der Waals surface area (Å²) < 4.78 is 42.9. The number of nitrogens with one attached hydrogen (secondary N) is 2. The van der Waals surface area contributed by atoms with Crippen molar-refractivity contribution < 1.29 is 18.0 Å². The number of hydrogen-bond acceptors (Lipinski definition) is 4. The maximum absolute atomic E-state index is 13.0. The van der Waals surface area contributed by atoms with Crippen LogP contribution in [0.4, 0.5) is 18.9 Å². The number of aromatic nitrogens is 2. The van der Waals surface area contributed by atoms with Gasteiger partial charge in [-0.05, 0) is 36.9 Å². The van der Waals surface area contributed by atoms with Crippen LogP contribution in [0, 0.1) is 0 Å². The molecule has 26 heavy (non-hydrogen) atoms. The van der Waals surface area contributed by atoms with E-state index in [9.17, 15) is 18.0 Å².